The Bertz CT molecular complexity index is 958. The van der Waals surface area contributed by atoms with Crippen molar-refractivity contribution in [1.82, 2.24) is 5.16 Å². The summed E-state index contributed by atoms with van der Waals surface area (Å²) in [4.78, 5) is 12.9. The van der Waals surface area contributed by atoms with Crippen molar-refractivity contribution < 1.29 is 18.8 Å². The van der Waals surface area contributed by atoms with Crippen molar-refractivity contribution in [2.75, 3.05) is 19.5 Å². The van der Waals surface area contributed by atoms with E-state index in [0.29, 0.717) is 11.5 Å². The second-order valence-corrected chi connectivity index (χ2v) is 6.57. The van der Waals surface area contributed by atoms with E-state index < -0.39 is 5.41 Å². The van der Waals surface area contributed by atoms with Crippen LogP contribution in [0, 0.1) is 0 Å². The highest BCUT2D eigenvalue weighted by atomic mass is 16.5. The van der Waals surface area contributed by atoms with Gasteiger partial charge in [-0.1, -0.05) is 17.3 Å². The molecule has 138 valence electrons. The smallest absolute Gasteiger partial charge is 0.236 e. The molecule has 1 aliphatic carbocycles. The Morgan fingerprint density at radius 1 is 1.04 bits per heavy atom. The summed E-state index contributed by atoms with van der Waals surface area (Å²) in [6, 6.07) is 16.7. The number of benzene rings is 2. The molecule has 1 amide bonds. The molecule has 6 nitrogen and oxygen atoms in total. The van der Waals surface area contributed by atoms with Gasteiger partial charge >= 0.3 is 0 Å². The maximum absolute atomic E-state index is 12.9. The normalized spacial score (nSPS) is 14.4. The molecule has 4 rings (SSSR count). The molecule has 3 aromatic rings. The van der Waals surface area contributed by atoms with E-state index in [1.54, 1.807) is 14.2 Å². The lowest BCUT2D eigenvalue weighted by atomic mass is 10.00. The van der Waals surface area contributed by atoms with Crippen LogP contribution in [0.25, 0.3) is 11.3 Å². The fourth-order valence-electron chi connectivity index (χ4n) is 3.06. The Hall–Kier alpha value is -3.28. The van der Waals surface area contributed by atoms with Gasteiger partial charge in [0.1, 0.15) is 11.5 Å². The Morgan fingerprint density at radius 2 is 1.78 bits per heavy atom. The predicted octanol–water partition coefficient (Wildman–Crippen LogP) is 4.03. The molecule has 0 spiro atoms. The maximum atomic E-state index is 12.9. The Balaban J connectivity index is 1.53. The Morgan fingerprint density at radius 3 is 2.44 bits per heavy atom. The van der Waals surface area contributed by atoms with Gasteiger partial charge in [-0.3, -0.25) is 4.79 Å². The van der Waals surface area contributed by atoms with E-state index >= 15 is 0 Å². The van der Waals surface area contributed by atoms with Crippen LogP contribution in [-0.4, -0.2) is 25.3 Å². The summed E-state index contributed by atoms with van der Waals surface area (Å²) in [5.41, 5.74) is 1.62. The molecule has 1 fully saturated rings. The van der Waals surface area contributed by atoms with Crippen molar-refractivity contribution in [3.05, 3.63) is 60.3 Å². The van der Waals surface area contributed by atoms with Gasteiger partial charge in [0, 0.05) is 17.3 Å². The van der Waals surface area contributed by atoms with Crippen LogP contribution >= 0.6 is 0 Å². The first kappa shape index (κ1) is 17.1. The molecule has 1 N–H and O–H groups in total. The average Bonchev–Trinajstić information content (AvgIpc) is 3.38. The van der Waals surface area contributed by atoms with Crippen LogP contribution in [0.5, 0.6) is 11.5 Å². The quantitative estimate of drug-likeness (QED) is 0.715. The van der Waals surface area contributed by atoms with Gasteiger partial charge in [0.25, 0.3) is 0 Å². The second-order valence-electron chi connectivity index (χ2n) is 6.57. The summed E-state index contributed by atoms with van der Waals surface area (Å²) in [7, 11) is 3.23. The van der Waals surface area contributed by atoms with Crippen molar-refractivity contribution in [2.24, 2.45) is 0 Å². The van der Waals surface area contributed by atoms with Crippen molar-refractivity contribution in [1.29, 1.82) is 0 Å². The van der Waals surface area contributed by atoms with E-state index in [1.807, 2.05) is 54.6 Å². The number of nitrogens with zero attached hydrogens (tertiary/aromatic N) is 1. The van der Waals surface area contributed by atoms with Gasteiger partial charge in [0.05, 0.1) is 25.3 Å². The van der Waals surface area contributed by atoms with Gasteiger partial charge < -0.3 is 19.3 Å². The van der Waals surface area contributed by atoms with Gasteiger partial charge in [-0.15, -0.1) is 0 Å². The number of methoxy groups -OCH3 is 2. The first-order valence-corrected chi connectivity index (χ1v) is 8.72. The SMILES string of the molecule is COc1ccc(NC(=O)C2(c3cc(-c4cccc(OC)c4)on3)CC2)cc1. The first-order chi connectivity index (χ1) is 13.1. The van der Waals surface area contributed by atoms with Crippen LogP contribution < -0.4 is 14.8 Å². The summed E-state index contributed by atoms with van der Waals surface area (Å²) in [6.45, 7) is 0. The highest BCUT2D eigenvalue weighted by Crippen LogP contribution is 2.49. The highest BCUT2D eigenvalue weighted by molar-refractivity contribution is 6.01. The molecular formula is C21H20N2O4. The third-order valence-corrected chi connectivity index (χ3v) is 4.89. The minimum Gasteiger partial charge on any atom is -0.497 e. The molecule has 1 saturated carbocycles. The highest BCUT2D eigenvalue weighted by Gasteiger charge is 2.53. The van der Waals surface area contributed by atoms with E-state index in [0.717, 1.165) is 35.6 Å². The summed E-state index contributed by atoms with van der Waals surface area (Å²) in [5, 5.41) is 7.14. The molecule has 0 saturated heterocycles. The molecular weight excluding hydrogens is 344 g/mol. The maximum Gasteiger partial charge on any atom is 0.236 e. The molecule has 0 bridgehead atoms. The van der Waals surface area contributed by atoms with Gasteiger partial charge in [-0.2, -0.15) is 0 Å². The van der Waals surface area contributed by atoms with E-state index in [1.165, 1.54) is 0 Å². The number of carbonyl (C=O) groups excluding carboxylic acids is 1. The summed E-state index contributed by atoms with van der Waals surface area (Å²) in [5.74, 6) is 2.03. The molecule has 0 unspecified atom stereocenters. The number of hydrogen-bond donors (Lipinski definition) is 1. The fraction of sp³-hybridized carbons (Fsp3) is 0.238. The number of rotatable bonds is 6. The minimum atomic E-state index is -0.624. The lowest BCUT2D eigenvalue weighted by Crippen LogP contribution is -2.28. The lowest BCUT2D eigenvalue weighted by molar-refractivity contribution is -0.118. The van der Waals surface area contributed by atoms with E-state index in [4.69, 9.17) is 14.0 Å². The number of anilines is 1. The fourth-order valence-corrected chi connectivity index (χ4v) is 3.06. The van der Waals surface area contributed by atoms with Crippen LogP contribution in [-0.2, 0) is 10.2 Å². The largest absolute Gasteiger partial charge is 0.497 e. The van der Waals surface area contributed by atoms with E-state index in [2.05, 4.69) is 10.5 Å². The molecule has 1 aromatic heterocycles. The van der Waals surface area contributed by atoms with Crippen LogP contribution in [0.15, 0.2) is 59.1 Å². The van der Waals surface area contributed by atoms with Gasteiger partial charge in [-0.05, 0) is 49.2 Å². The summed E-state index contributed by atoms with van der Waals surface area (Å²) >= 11 is 0. The number of ether oxygens (including phenoxy) is 2. The molecule has 0 atom stereocenters. The summed E-state index contributed by atoms with van der Waals surface area (Å²) in [6.07, 6.45) is 1.50. The van der Waals surface area contributed by atoms with Crippen molar-refractivity contribution in [3.63, 3.8) is 0 Å². The zero-order chi connectivity index (χ0) is 18.9. The summed E-state index contributed by atoms with van der Waals surface area (Å²) < 4.78 is 15.9. The zero-order valence-corrected chi connectivity index (χ0v) is 15.2. The number of carbonyl (C=O) groups is 1. The monoisotopic (exact) mass is 364 g/mol. The van der Waals surface area contributed by atoms with Gasteiger partial charge in [0.15, 0.2) is 5.76 Å². The average molecular weight is 364 g/mol. The van der Waals surface area contributed by atoms with Crippen LogP contribution in [0.2, 0.25) is 0 Å². The van der Waals surface area contributed by atoms with Gasteiger partial charge in [-0.25, -0.2) is 0 Å². The lowest BCUT2D eigenvalue weighted by Gasteiger charge is -2.12. The van der Waals surface area contributed by atoms with Crippen LogP contribution in [0.3, 0.4) is 0 Å². The molecule has 1 aliphatic rings. The predicted molar refractivity (Wildman–Crippen MR) is 101 cm³/mol. The third kappa shape index (κ3) is 3.26. The molecule has 27 heavy (non-hydrogen) atoms. The number of amides is 1. The third-order valence-electron chi connectivity index (χ3n) is 4.89. The molecule has 0 radical (unpaired) electrons. The Kier molecular flexibility index (Phi) is 4.32. The molecule has 2 aromatic carbocycles. The number of aromatic nitrogens is 1. The van der Waals surface area contributed by atoms with Crippen molar-refractivity contribution >= 4 is 11.6 Å². The molecule has 6 heteroatoms. The molecule has 1 heterocycles. The number of nitrogens with one attached hydrogen (secondary N) is 1. The van der Waals surface area contributed by atoms with Crippen LogP contribution in [0.4, 0.5) is 5.69 Å². The molecule has 0 aliphatic heterocycles. The topological polar surface area (TPSA) is 73.6 Å². The van der Waals surface area contributed by atoms with E-state index in [9.17, 15) is 4.79 Å². The van der Waals surface area contributed by atoms with Crippen LogP contribution in [0.1, 0.15) is 18.5 Å². The standard InChI is InChI=1S/C21H20N2O4/c1-25-16-8-6-15(7-9-16)22-20(24)21(10-11-21)19-13-18(27-23-19)14-4-3-5-17(12-14)26-2/h3-9,12-13H,10-11H2,1-2H3,(H,22,24). The number of hydrogen-bond acceptors (Lipinski definition) is 5. The van der Waals surface area contributed by atoms with Crippen molar-refractivity contribution in [3.8, 4) is 22.8 Å². The first-order valence-electron chi connectivity index (χ1n) is 8.72. The second kappa shape index (κ2) is 6.79. The van der Waals surface area contributed by atoms with Gasteiger partial charge in [0.2, 0.25) is 5.91 Å². The van der Waals surface area contributed by atoms with Crippen molar-refractivity contribution in [2.45, 2.75) is 18.3 Å². The Labute approximate surface area is 157 Å². The van der Waals surface area contributed by atoms with E-state index in [-0.39, 0.29) is 5.91 Å². The minimum absolute atomic E-state index is 0.0711. The zero-order valence-electron chi connectivity index (χ0n) is 15.2.